The Balaban J connectivity index is 1.41. The summed E-state index contributed by atoms with van der Waals surface area (Å²) in [6.07, 6.45) is 4.99. The molecule has 1 aromatic carbocycles. The number of pyridine rings is 1. The first kappa shape index (κ1) is 20.9. The molecule has 3 fully saturated rings. The van der Waals surface area contributed by atoms with E-state index in [0.717, 1.165) is 18.9 Å². The lowest BCUT2D eigenvalue weighted by Crippen LogP contribution is -2.41. The van der Waals surface area contributed by atoms with Crippen molar-refractivity contribution in [3.05, 3.63) is 52.2 Å². The minimum absolute atomic E-state index is 0.0783. The number of aromatic nitrogens is 1. The van der Waals surface area contributed by atoms with E-state index in [-0.39, 0.29) is 16.9 Å². The Hall–Kier alpha value is -2.97. The Morgan fingerprint density at radius 1 is 1.12 bits per heavy atom. The van der Waals surface area contributed by atoms with Gasteiger partial charge in [-0.1, -0.05) is 0 Å². The lowest BCUT2D eigenvalue weighted by molar-refractivity contribution is -0.104. The van der Waals surface area contributed by atoms with Gasteiger partial charge in [-0.05, 0) is 55.4 Å². The summed E-state index contributed by atoms with van der Waals surface area (Å²) in [5, 5.41) is 2.49. The van der Waals surface area contributed by atoms with Crippen LogP contribution in [-0.2, 0) is 0 Å². The first-order chi connectivity index (χ1) is 15.2. The van der Waals surface area contributed by atoms with Crippen LogP contribution in [0, 0.1) is 11.2 Å². The number of nitrogens with zero attached hydrogens (tertiary/aromatic N) is 2. The molecule has 5 rings (SSSR count). The van der Waals surface area contributed by atoms with Crippen LogP contribution >= 0.6 is 0 Å². The molecule has 3 N–H and O–H groups in total. The first-order valence-electron chi connectivity index (χ1n) is 10.9. The minimum atomic E-state index is -2.78. The highest BCUT2D eigenvalue weighted by Crippen LogP contribution is 2.54. The van der Waals surface area contributed by atoms with E-state index < -0.39 is 42.1 Å². The summed E-state index contributed by atoms with van der Waals surface area (Å²) in [4.78, 5) is 27.8. The Morgan fingerprint density at radius 2 is 1.81 bits per heavy atom. The van der Waals surface area contributed by atoms with Crippen molar-refractivity contribution in [3.63, 3.8) is 0 Å². The molecular weight excluding hydrogens is 421 g/mol. The second kappa shape index (κ2) is 7.28. The number of alkyl halides is 2. The van der Waals surface area contributed by atoms with Gasteiger partial charge in [0.2, 0.25) is 0 Å². The molecule has 2 saturated carbocycles. The third kappa shape index (κ3) is 3.73. The van der Waals surface area contributed by atoms with Gasteiger partial charge >= 0.3 is 0 Å². The van der Waals surface area contributed by atoms with Gasteiger partial charge in [0.1, 0.15) is 11.5 Å². The number of benzene rings is 1. The van der Waals surface area contributed by atoms with Gasteiger partial charge in [-0.2, -0.15) is 0 Å². The van der Waals surface area contributed by atoms with Crippen LogP contribution in [0.4, 0.5) is 30.2 Å². The summed E-state index contributed by atoms with van der Waals surface area (Å²) < 4.78 is 42.6. The third-order valence-corrected chi connectivity index (χ3v) is 7.13. The standard InChI is InChI=1S/C23H25F3N4O2/c24-16-10-14(27)11-18(29-8-5-22(3-4-22)6-9-29)19(16)20(31)28-17-2-1-7-30(21(17)32)15-12-23(25,26)13-15/h1-2,7,10-11,15H,3-6,8-9,12-13,27H2,(H,28,31). The smallest absolute Gasteiger partial charge is 0.274 e. The van der Waals surface area contributed by atoms with E-state index in [1.165, 1.54) is 35.7 Å². The van der Waals surface area contributed by atoms with Crippen LogP contribution < -0.4 is 21.5 Å². The Labute approximate surface area is 183 Å². The van der Waals surface area contributed by atoms with Crippen molar-refractivity contribution in [1.82, 2.24) is 4.57 Å². The quantitative estimate of drug-likeness (QED) is 0.691. The zero-order valence-corrected chi connectivity index (χ0v) is 17.5. The third-order valence-electron chi connectivity index (χ3n) is 7.13. The predicted octanol–water partition coefficient (Wildman–Crippen LogP) is 4.17. The molecule has 2 heterocycles. The van der Waals surface area contributed by atoms with Crippen LogP contribution in [0.2, 0.25) is 0 Å². The van der Waals surface area contributed by atoms with Gasteiger partial charge < -0.3 is 20.5 Å². The van der Waals surface area contributed by atoms with Crippen LogP contribution in [0.1, 0.15) is 54.9 Å². The van der Waals surface area contributed by atoms with Gasteiger partial charge in [0, 0.05) is 43.9 Å². The fraction of sp³-hybridized carbons (Fsp3) is 0.478. The van der Waals surface area contributed by atoms with E-state index in [0.29, 0.717) is 24.2 Å². The number of rotatable bonds is 4. The van der Waals surface area contributed by atoms with Crippen molar-refractivity contribution in [3.8, 4) is 0 Å². The number of carbonyl (C=O) groups is 1. The summed E-state index contributed by atoms with van der Waals surface area (Å²) in [7, 11) is 0. The Kier molecular flexibility index (Phi) is 4.76. The number of carbonyl (C=O) groups excluding carboxylic acids is 1. The molecular formula is C23H25F3N4O2. The van der Waals surface area contributed by atoms with E-state index in [2.05, 4.69) is 5.32 Å². The van der Waals surface area contributed by atoms with Crippen LogP contribution in [0.25, 0.3) is 0 Å². The van der Waals surface area contributed by atoms with Gasteiger partial charge in [-0.25, -0.2) is 13.2 Å². The van der Waals surface area contributed by atoms with Crippen molar-refractivity contribution < 1.29 is 18.0 Å². The number of hydrogen-bond acceptors (Lipinski definition) is 4. The highest BCUT2D eigenvalue weighted by Gasteiger charge is 2.47. The van der Waals surface area contributed by atoms with Crippen LogP contribution in [0.15, 0.2) is 35.3 Å². The fourth-order valence-corrected chi connectivity index (χ4v) is 4.89. The Morgan fingerprint density at radius 3 is 2.44 bits per heavy atom. The minimum Gasteiger partial charge on any atom is -0.399 e. The largest absolute Gasteiger partial charge is 0.399 e. The van der Waals surface area contributed by atoms with E-state index in [4.69, 9.17) is 5.73 Å². The van der Waals surface area contributed by atoms with Crippen LogP contribution in [0.5, 0.6) is 0 Å². The lowest BCUT2D eigenvalue weighted by atomic mass is 9.88. The summed E-state index contributed by atoms with van der Waals surface area (Å²) in [5.41, 5.74) is 6.05. The van der Waals surface area contributed by atoms with E-state index >= 15 is 0 Å². The second-order valence-corrected chi connectivity index (χ2v) is 9.39. The van der Waals surface area contributed by atoms with Crippen molar-refractivity contribution in [1.29, 1.82) is 0 Å². The first-order valence-corrected chi connectivity index (χ1v) is 10.9. The fourth-order valence-electron chi connectivity index (χ4n) is 4.89. The molecule has 32 heavy (non-hydrogen) atoms. The highest BCUT2D eigenvalue weighted by atomic mass is 19.3. The number of piperidine rings is 1. The number of hydrogen-bond donors (Lipinski definition) is 2. The molecule has 3 aliphatic rings. The molecule has 2 aromatic rings. The predicted molar refractivity (Wildman–Crippen MR) is 116 cm³/mol. The molecule has 6 nitrogen and oxygen atoms in total. The van der Waals surface area contributed by atoms with Gasteiger partial charge in [-0.3, -0.25) is 9.59 Å². The van der Waals surface area contributed by atoms with Gasteiger partial charge in [0.05, 0.1) is 11.3 Å². The summed E-state index contributed by atoms with van der Waals surface area (Å²) in [6, 6.07) is 4.95. The second-order valence-electron chi connectivity index (χ2n) is 9.39. The molecule has 0 atom stereocenters. The number of nitrogen functional groups attached to an aromatic ring is 1. The molecule has 1 amide bonds. The summed E-state index contributed by atoms with van der Waals surface area (Å²) >= 11 is 0. The molecule has 0 unspecified atom stereocenters. The van der Waals surface area contributed by atoms with E-state index in [9.17, 15) is 22.8 Å². The maximum atomic E-state index is 14.9. The summed E-state index contributed by atoms with van der Waals surface area (Å²) in [6.45, 7) is 1.41. The maximum Gasteiger partial charge on any atom is 0.274 e. The monoisotopic (exact) mass is 446 g/mol. The van der Waals surface area contributed by atoms with Crippen molar-refractivity contribution in [2.24, 2.45) is 5.41 Å². The van der Waals surface area contributed by atoms with Crippen molar-refractivity contribution >= 4 is 23.0 Å². The Bertz CT molecular complexity index is 1120. The van der Waals surface area contributed by atoms with Crippen LogP contribution in [-0.4, -0.2) is 29.5 Å². The van der Waals surface area contributed by atoms with Crippen molar-refractivity contribution in [2.45, 2.75) is 50.5 Å². The SMILES string of the molecule is Nc1cc(F)c(C(=O)Nc2cccn(C3CC(F)(F)C3)c2=O)c(N2CCC3(CC2)CC3)c1. The number of nitrogens with two attached hydrogens (primary N) is 1. The molecule has 2 aliphatic carbocycles. The molecule has 9 heteroatoms. The molecule has 1 aromatic heterocycles. The molecule has 0 radical (unpaired) electrons. The maximum absolute atomic E-state index is 14.9. The van der Waals surface area contributed by atoms with Gasteiger partial charge in [0.25, 0.3) is 17.4 Å². The van der Waals surface area contributed by atoms with E-state index in [1.807, 2.05) is 4.90 Å². The zero-order chi connectivity index (χ0) is 22.7. The topological polar surface area (TPSA) is 80.4 Å². The average Bonchev–Trinajstić information content (AvgIpc) is 3.46. The van der Waals surface area contributed by atoms with Crippen LogP contribution in [0.3, 0.4) is 0 Å². The molecule has 1 saturated heterocycles. The molecule has 1 aliphatic heterocycles. The lowest BCUT2D eigenvalue weighted by Gasteiger charge is -2.36. The normalized spacial score (nSPS) is 21.3. The number of nitrogens with one attached hydrogen (secondary N) is 1. The van der Waals surface area contributed by atoms with E-state index in [1.54, 1.807) is 6.07 Å². The molecule has 1 spiro atoms. The zero-order valence-electron chi connectivity index (χ0n) is 17.5. The van der Waals surface area contributed by atoms with Crippen molar-refractivity contribution in [2.75, 3.05) is 29.0 Å². The summed E-state index contributed by atoms with van der Waals surface area (Å²) in [5.74, 6) is -4.31. The number of halogens is 3. The average molecular weight is 446 g/mol. The number of anilines is 3. The number of amides is 1. The molecule has 0 bridgehead atoms. The van der Waals surface area contributed by atoms with Gasteiger partial charge in [0.15, 0.2) is 0 Å². The highest BCUT2D eigenvalue weighted by molar-refractivity contribution is 6.08. The molecule has 170 valence electrons. The van der Waals surface area contributed by atoms with Gasteiger partial charge in [-0.15, -0.1) is 0 Å².